The molecule has 0 amide bonds. The zero-order valence-electron chi connectivity index (χ0n) is 10.7. The van der Waals surface area contributed by atoms with Crippen molar-refractivity contribution >= 4 is 6.08 Å². The lowest BCUT2D eigenvalue weighted by atomic mass is 10.2. The van der Waals surface area contributed by atoms with E-state index in [4.69, 9.17) is 1.37 Å². The fourth-order valence-electron chi connectivity index (χ4n) is 0.589. The summed E-state index contributed by atoms with van der Waals surface area (Å²) in [7, 11) is 1.25. The van der Waals surface area contributed by atoms with Crippen molar-refractivity contribution in [3.63, 3.8) is 0 Å². The Kier molecular flexibility index (Phi) is 30.3. The van der Waals surface area contributed by atoms with Crippen LogP contribution in [0.1, 0.15) is 49.5 Å². The van der Waals surface area contributed by atoms with Crippen LogP contribution in [-0.4, -0.2) is 0 Å². The average molecular weight is 198 g/mol. The molecule has 1 rings (SSSR count). The van der Waals surface area contributed by atoms with Crippen molar-refractivity contribution in [2.75, 3.05) is 0 Å². The lowest BCUT2D eigenvalue weighted by Crippen LogP contribution is -1.63. The van der Waals surface area contributed by atoms with Crippen molar-refractivity contribution in [3.8, 4) is 0 Å². The van der Waals surface area contributed by atoms with Gasteiger partial charge in [0.05, 0.1) is 0 Å². The second kappa shape index (κ2) is 22.7. The van der Waals surface area contributed by atoms with Crippen molar-refractivity contribution in [2.45, 2.75) is 42.5 Å². The second-order valence-electron chi connectivity index (χ2n) is 1.61. The van der Waals surface area contributed by atoms with Crippen LogP contribution in [0.3, 0.4) is 0 Å². The van der Waals surface area contributed by atoms with Crippen molar-refractivity contribution in [1.29, 1.82) is 0 Å². The number of hydrogen-bond acceptors (Lipinski definition) is 0. The highest BCUT2D eigenvalue weighted by Gasteiger charge is 1.75. The first-order chi connectivity index (χ1) is 6.93. The summed E-state index contributed by atoms with van der Waals surface area (Å²) in [5.41, 5.74) is 1.17. The molecule has 0 atom stereocenters. The molecule has 0 heterocycles. The van der Waals surface area contributed by atoms with E-state index < -0.39 is 0 Å². The van der Waals surface area contributed by atoms with E-state index in [-0.39, 0.29) is 7.43 Å². The van der Waals surface area contributed by atoms with Crippen molar-refractivity contribution < 1.29 is 1.37 Å². The minimum absolute atomic E-state index is 0. The first-order valence-electron chi connectivity index (χ1n) is 5.61. The highest BCUT2D eigenvalue weighted by molar-refractivity contribution is 5.45. The number of rotatable bonds is 1. The molecule has 1 aromatic carbocycles. The molecule has 0 saturated carbocycles. The molecule has 1 aromatic rings. The van der Waals surface area contributed by atoms with Gasteiger partial charge in [0, 0.05) is 1.37 Å². The predicted molar refractivity (Wildman–Crippen MR) is 72.7 cm³/mol. The lowest BCUT2D eigenvalue weighted by Gasteiger charge is -1.85. The van der Waals surface area contributed by atoms with E-state index in [1.807, 2.05) is 64.1 Å². The van der Waals surface area contributed by atoms with Gasteiger partial charge in [0.25, 0.3) is 0 Å². The first kappa shape index (κ1) is 18.7. The third-order valence-electron chi connectivity index (χ3n) is 1.04. The van der Waals surface area contributed by atoms with Gasteiger partial charge in [-0.25, -0.2) is 0 Å². The summed E-state index contributed by atoms with van der Waals surface area (Å²) in [6.45, 7) is 11.6. The van der Waals surface area contributed by atoms with Crippen molar-refractivity contribution in [3.05, 3.63) is 42.5 Å². The predicted octanol–water partition coefficient (Wildman–Crippen LogP) is 5.65. The summed E-state index contributed by atoms with van der Waals surface area (Å²) in [6, 6.07) is 10.0. The molecule has 0 aliphatic rings. The molecular weight excluding hydrogens is 168 g/mol. The molecule has 0 saturated heterocycles. The third-order valence-corrected chi connectivity index (χ3v) is 1.04. The van der Waals surface area contributed by atoms with Crippen molar-refractivity contribution in [1.82, 2.24) is 0 Å². The van der Waals surface area contributed by atoms with Gasteiger partial charge in [-0.1, -0.05) is 85.5 Å². The van der Waals surface area contributed by atoms with Crippen LogP contribution < -0.4 is 0 Å². The van der Waals surface area contributed by atoms with Gasteiger partial charge in [0.15, 0.2) is 0 Å². The highest BCUT2D eigenvalue weighted by Crippen LogP contribution is 1.97. The van der Waals surface area contributed by atoms with E-state index in [1.54, 1.807) is 0 Å². The van der Waals surface area contributed by atoms with Gasteiger partial charge < -0.3 is 0 Å². The van der Waals surface area contributed by atoms with Gasteiger partial charge in [-0.15, -0.1) is 0 Å². The number of hydrogen-bond donors (Lipinski definition) is 0. The molecule has 14 heavy (non-hydrogen) atoms. The zero-order chi connectivity index (χ0) is 11.8. The van der Waals surface area contributed by atoms with Crippen molar-refractivity contribution in [2.24, 2.45) is 0 Å². The Morgan fingerprint density at radius 3 is 1.57 bits per heavy atom. The van der Waals surface area contributed by atoms with Gasteiger partial charge in [-0.05, 0) is 5.56 Å². The van der Waals surface area contributed by atoms with E-state index in [2.05, 4.69) is 6.58 Å². The summed E-state index contributed by atoms with van der Waals surface area (Å²) in [5, 5.41) is 0. The Hall–Kier alpha value is -1.04. The van der Waals surface area contributed by atoms with Crippen LogP contribution in [0.4, 0.5) is 0 Å². The van der Waals surface area contributed by atoms with Crippen LogP contribution in [0.25, 0.3) is 6.08 Å². The Morgan fingerprint density at radius 1 is 1.00 bits per heavy atom. The molecule has 0 aliphatic carbocycles. The van der Waals surface area contributed by atoms with Gasteiger partial charge in [-0.3, -0.25) is 0 Å². The average Bonchev–Trinajstić information content (AvgIpc) is 2.37. The maximum atomic E-state index is 5.75. The van der Waals surface area contributed by atoms with Gasteiger partial charge >= 0.3 is 0 Å². The molecule has 0 spiro atoms. The van der Waals surface area contributed by atoms with E-state index >= 15 is 0 Å². The summed E-state index contributed by atoms with van der Waals surface area (Å²) >= 11 is 0. The van der Waals surface area contributed by atoms with Gasteiger partial charge in [0.2, 0.25) is 0 Å². The Bertz CT molecular complexity index is 168. The zero-order valence-corrected chi connectivity index (χ0v) is 9.67. The summed E-state index contributed by atoms with van der Waals surface area (Å²) in [4.78, 5) is 0. The number of benzene rings is 1. The normalized spacial score (nSPS) is 6.21. The molecule has 0 fully saturated rings. The second-order valence-corrected chi connectivity index (χ2v) is 1.61. The SMILES string of the molecule is C.C=Cc1ccccc1.CC.CC.[3H]C. The van der Waals surface area contributed by atoms with Gasteiger partial charge in [0.1, 0.15) is 0 Å². The first-order valence-corrected chi connectivity index (χ1v) is 4.61. The van der Waals surface area contributed by atoms with Gasteiger partial charge in [-0.2, -0.15) is 0 Å². The molecule has 0 radical (unpaired) electrons. The van der Waals surface area contributed by atoms with E-state index in [0.29, 0.717) is 0 Å². The molecule has 0 nitrogen and oxygen atoms in total. The Morgan fingerprint density at radius 2 is 1.36 bits per heavy atom. The van der Waals surface area contributed by atoms with Crippen LogP contribution in [0.15, 0.2) is 36.9 Å². The molecule has 0 N–H and O–H groups in total. The molecule has 84 valence electrons. The molecule has 0 aromatic heterocycles. The van der Waals surface area contributed by atoms with Crippen LogP contribution in [0, 0.1) is 0 Å². The van der Waals surface area contributed by atoms with E-state index in [9.17, 15) is 0 Å². The Labute approximate surface area is 93.1 Å². The van der Waals surface area contributed by atoms with Crippen LogP contribution in [-0.2, 0) is 0 Å². The molecule has 0 heteroatoms. The minimum Gasteiger partial charge on any atom is -0.0985 e. The minimum atomic E-state index is 0. The fourth-order valence-corrected chi connectivity index (χ4v) is 0.589. The van der Waals surface area contributed by atoms with Crippen LogP contribution >= 0.6 is 0 Å². The molecule has 0 unspecified atom stereocenters. The van der Waals surface area contributed by atoms with E-state index in [1.165, 1.54) is 13.0 Å². The Balaban J connectivity index is -0.0000000755. The summed E-state index contributed by atoms with van der Waals surface area (Å²) in [5.74, 6) is 0. The largest absolute Gasteiger partial charge is 0.0985 e. The highest BCUT2D eigenvalue weighted by atomic mass is 13.8. The standard InChI is InChI=1S/C8H8.2C2H6.2CH4/c1-2-8-6-4-3-5-7-8;2*1-2;;/h2-7H,1H2;2*1-2H3;2*1H4/i;;;1T;. The summed E-state index contributed by atoms with van der Waals surface area (Å²) < 4.78 is 5.75. The topological polar surface area (TPSA) is 0 Å². The fraction of sp³-hybridized carbons (Fsp3) is 0.429. The van der Waals surface area contributed by atoms with E-state index in [0.717, 1.165) is 0 Å². The van der Waals surface area contributed by atoms with Crippen LogP contribution in [0.5, 0.6) is 0 Å². The molecule has 0 bridgehead atoms. The molecular formula is C14H28. The quantitative estimate of drug-likeness (QED) is 0.546. The third kappa shape index (κ3) is 13.5. The summed E-state index contributed by atoms with van der Waals surface area (Å²) in [6.07, 6.45) is 1.83. The monoisotopic (exact) mass is 198 g/mol. The lowest BCUT2D eigenvalue weighted by molar-refractivity contribution is 1.50. The molecule has 0 aliphatic heterocycles. The maximum absolute atomic E-state index is 5.75. The van der Waals surface area contributed by atoms with Crippen LogP contribution in [0.2, 0.25) is 0 Å². The smallest absolute Gasteiger partial charge is 0.0194 e. The maximum Gasteiger partial charge on any atom is 0.0194 e.